The number of carbonyl (C=O) groups excluding carboxylic acids is 2. The minimum absolute atomic E-state index is 0.193. The Labute approximate surface area is 145 Å². The van der Waals surface area contributed by atoms with Gasteiger partial charge in [0.2, 0.25) is 0 Å². The van der Waals surface area contributed by atoms with Crippen molar-refractivity contribution in [1.82, 2.24) is 5.32 Å². The number of rotatable bonds is 4. The normalized spacial score (nSPS) is 15.8. The zero-order valence-electron chi connectivity index (χ0n) is 14.2. The van der Waals surface area contributed by atoms with Crippen LogP contribution in [-0.2, 0) is 4.79 Å². The van der Waals surface area contributed by atoms with Crippen molar-refractivity contribution in [1.29, 1.82) is 0 Å². The highest BCUT2D eigenvalue weighted by atomic mass is 19.1. The zero-order chi connectivity index (χ0) is 18.0. The summed E-state index contributed by atoms with van der Waals surface area (Å²) in [6.07, 6.45) is 2.36. The minimum atomic E-state index is -0.454. The van der Waals surface area contributed by atoms with Gasteiger partial charge in [0.25, 0.3) is 11.8 Å². The third-order valence-electron chi connectivity index (χ3n) is 4.48. The molecule has 1 unspecified atom stereocenters. The van der Waals surface area contributed by atoms with E-state index >= 15 is 0 Å². The molecule has 1 aliphatic heterocycles. The van der Waals surface area contributed by atoms with Gasteiger partial charge in [0, 0.05) is 12.1 Å². The summed E-state index contributed by atoms with van der Waals surface area (Å²) in [7, 11) is 0. The molecule has 0 saturated carbocycles. The molecule has 2 aromatic carbocycles. The molecule has 1 atom stereocenters. The first-order valence-corrected chi connectivity index (χ1v) is 8.20. The Morgan fingerprint density at radius 1 is 1.24 bits per heavy atom. The number of carbonyl (C=O) groups is 2. The summed E-state index contributed by atoms with van der Waals surface area (Å²) in [6.45, 7) is 4.26. The van der Waals surface area contributed by atoms with E-state index in [1.54, 1.807) is 6.07 Å². The Morgan fingerprint density at radius 3 is 2.80 bits per heavy atom. The van der Waals surface area contributed by atoms with Crippen LogP contribution in [-0.4, -0.2) is 18.4 Å². The monoisotopic (exact) mass is 338 g/mol. The molecule has 1 heterocycles. The van der Waals surface area contributed by atoms with Crippen LogP contribution < -0.4 is 15.9 Å². The van der Waals surface area contributed by atoms with Crippen molar-refractivity contribution in [3.05, 3.63) is 69.5 Å². The van der Waals surface area contributed by atoms with E-state index in [-0.39, 0.29) is 23.3 Å². The number of hydrogen-bond donors (Lipinski definition) is 1. The minimum Gasteiger partial charge on any atom is -0.352 e. The number of fused-ring (bicyclic) bond motifs is 1. The maximum Gasteiger partial charge on any atom is 0.253 e. The third kappa shape index (κ3) is 3.65. The van der Waals surface area contributed by atoms with Crippen LogP contribution in [0.3, 0.4) is 0 Å². The summed E-state index contributed by atoms with van der Waals surface area (Å²) in [5.41, 5.74) is 2.38. The molecule has 0 saturated heterocycles. The van der Waals surface area contributed by atoms with Gasteiger partial charge in [-0.05, 0) is 54.8 Å². The second-order valence-electron chi connectivity index (χ2n) is 6.22. The largest absolute Gasteiger partial charge is 0.352 e. The van der Waals surface area contributed by atoms with Crippen molar-refractivity contribution >= 4 is 17.9 Å². The van der Waals surface area contributed by atoms with Crippen molar-refractivity contribution in [2.75, 3.05) is 6.54 Å². The van der Waals surface area contributed by atoms with Gasteiger partial charge in [-0.25, -0.2) is 9.38 Å². The van der Waals surface area contributed by atoms with Crippen LogP contribution in [0.4, 0.5) is 4.39 Å². The Bertz CT molecular complexity index is 966. The number of nitrogens with zero attached hydrogens (tertiary/aromatic N) is 1. The van der Waals surface area contributed by atoms with Gasteiger partial charge in [-0.1, -0.05) is 24.3 Å². The SMILES string of the molecule is Cc1ccc2c(c1C)=NC(=O)C(CCNC(=O)c1cccc(F)c1)C=2. The lowest BCUT2D eigenvalue weighted by molar-refractivity contribution is -0.120. The average molecular weight is 338 g/mol. The molecule has 0 aromatic heterocycles. The van der Waals surface area contributed by atoms with E-state index in [0.29, 0.717) is 13.0 Å². The molecule has 0 fully saturated rings. The average Bonchev–Trinajstić information content (AvgIpc) is 2.59. The lowest BCUT2D eigenvalue weighted by Crippen LogP contribution is -2.37. The first-order valence-electron chi connectivity index (χ1n) is 8.20. The molecule has 0 radical (unpaired) electrons. The topological polar surface area (TPSA) is 58.5 Å². The number of amides is 2. The molecule has 1 N–H and O–H groups in total. The number of hydrogen-bond acceptors (Lipinski definition) is 2. The Kier molecular flexibility index (Phi) is 4.74. The first kappa shape index (κ1) is 17.0. The molecule has 2 aromatic rings. The van der Waals surface area contributed by atoms with Gasteiger partial charge in [-0.2, -0.15) is 0 Å². The van der Waals surface area contributed by atoms with Gasteiger partial charge in [0.1, 0.15) is 5.82 Å². The molecule has 3 rings (SSSR count). The van der Waals surface area contributed by atoms with Gasteiger partial charge in [0.05, 0.1) is 11.3 Å². The van der Waals surface area contributed by atoms with Crippen molar-refractivity contribution in [2.45, 2.75) is 20.3 Å². The van der Waals surface area contributed by atoms with Gasteiger partial charge in [-0.3, -0.25) is 9.59 Å². The Balaban J connectivity index is 1.68. The highest BCUT2D eigenvalue weighted by molar-refractivity contribution is 5.94. The quantitative estimate of drug-likeness (QED) is 0.924. The van der Waals surface area contributed by atoms with E-state index in [0.717, 1.165) is 21.7 Å². The van der Waals surface area contributed by atoms with Gasteiger partial charge >= 0.3 is 0 Å². The maximum atomic E-state index is 13.2. The van der Waals surface area contributed by atoms with Gasteiger partial charge in [0.15, 0.2) is 0 Å². The summed E-state index contributed by atoms with van der Waals surface area (Å²) in [5, 5.41) is 4.41. The molecule has 5 heteroatoms. The van der Waals surface area contributed by atoms with Crippen molar-refractivity contribution in [2.24, 2.45) is 10.9 Å². The van der Waals surface area contributed by atoms with Gasteiger partial charge in [-0.15, -0.1) is 0 Å². The lowest BCUT2D eigenvalue weighted by atomic mass is 9.98. The second-order valence-corrected chi connectivity index (χ2v) is 6.22. The molecule has 1 aliphatic rings. The number of aryl methyl sites for hydroxylation is 1. The second kappa shape index (κ2) is 6.97. The van der Waals surface area contributed by atoms with Crippen LogP contribution in [0.25, 0.3) is 6.08 Å². The number of benzene rings is 2. The molecular formula is C20H19FN2O2. The van der Waals surface area contributed by atoms with Crippen LogP contribution in [0.5, 0.6) is 0 Å². The summed E-state index contributed by atoms with van der Waals surface area (Å²) >= 11 is 0. The standard InChI is InChI=1S/C20H19FN2O2/c1-12-6-7-14-10-16(20(25)23-18(14)13(12)2)8-9-22-19(24)15-4-3-5-17(21)11-15/h3-7,10-11,16H,8-9H2,1-2H3,(H,22,24). The van der Waals surface area contributed by atoms with Crippen molar-refractivity contribution in [3.63, 3.8) is 0 Å². The molecule has 2 amide bonds. The third-order valence-corrected chi connectivity index (χ3v) is 4.48. The van der Waals surface area contributed by atoms with Crippen LogP contribution in [0, 0.1) is 25.6 Å². The first-order chi connectivity index (χ1) is 12.0. The Hall–Kier alpha value is -2.82. The van der Waals surface area contributed by atoms with Crippen molar-refractivity contribution < 1.29 is 14.0 Å². The molecular weight excluding hydrogens is 319 g/mol. The summed E-state index contributed by atoms with van der Waals surface area (Å²) in [4.78, 5) is 28.5. The summed E-state index contributed by atoms with van der Waals surface area (Å²) in [6, 6.07) is 9.49. The predicted octanol–water partition coefficient (Wildman–Crippen LogP) is 1.82. The maximum absolute atomic E-state index is 13.2. The van der Waals surface area contributed by atoms with Crippen molar-refractivity contribution in [3.8, 4) is 0 Å². The fourth-order valence-electron chi connectivity index (χ4n) is 2.87. The van der Waals surface area contributed by atoms with E-state index in [1.807, 2.05) is 32.1 Å². The van der Waals surface area contributed by atoms with E-state index in [9.17, 15) is 14.0 Å². The van der Waals surface area contributed by atoms with E-state index < -0.39 is 5.82 Å². The molecule has 4 nitrogen and oxygen atoms in total. The van der Waals surface area contributed by atoms with E-state index in [2.05, 4.69) is 10.3 Å². The lowest BCUT2D eigenvalue weighted by Gasteiger charge is -2.14. The summed E-state index contributed by atoms with van der Waals surface area (Å²) < 4.78 is 13.2. The molecule has 25 heavy (non-hydrogen) atoms. The molecule has 128 valence electrons. The fraction of sp³-hybridized carbons (Fsp3) is 0.250. The zero-order valence-corrected chi connectivity index (χ0v) is 14.2. The highest BCUT2D eigenvalue weighted by Gasteiger charge is 2.19. The predicted molar refractivity (Wildman–Crippen MR) is 93.0 cm³/mol. The number of halogens is 1. The van der Waals surface area contributed by atoms with Crippen LogP contribution in [0.2, 0.25) is 0 Å². The van der Waals surface area contributed by atoms with Crippen LogP contribution in [0.1, 0.15) is 27.9 Å². The van der Waals surface area contributed by atoms with Gasteiger partial charge < -0.3 is 5.32 Å². The van der Waals surface area contributed by atoms with Crippen LogP contribution in [0.15, 0.2) is 41.4 Å². The fourth-order valence-corrected chi connectivity index (χ4v) is 2.87. The Morgan fingerprint density at radius 2 is 2.04 bits per heavy atom. The van der Waals surface area contributed by atoms with Crippen LogP contribution >= 0.6 is 0 Å². The summed E-state index contributed by atoms with van der Waals surface area (Å²) in [5.74, 6) is -1.36. The highest BCUT2D eigenvalue weighted by Crippen LogP contribution is 2.10. The molecule has 0 spiro atoms. The smallest absolute Gasteiger partial charge is 0.253 e. The number of nitrogens with one attached hydrogen (secondary N) is 1. The van der Waals surface area contributed by atoms with E-state index in [4.69, 9.17) is 0 Å². The molecule has 0 aliphatic carbocycles. The molecule has 0 bridgehead atoms. The van der Waals surface area contributed by atoms with E-state index in [1.165, 1.54) is 18.2 Å².